The Labute approximate surface area is 201 Å². The number of rotatable bonds is 11. The van der Waals surface area contributed by atoms with E-state index in [-0.39, 0.29) is 36.8 Å². The fourth-order valence-electron chi connectivity index (χ4n) is 3.02. The monoisotopic (exact) mass is 640 g/mol. The van der Waals surface area contributed by atoms with Crippen molar-refractivity contribution in [2.24, 2.45) is 17.8 Å². The molecule has 0 radical (unpaired) electrons. The van der Waals surface area contributed by atoms with Gasteiger partial charge in [0.2, 0.25) is 7.59 Å². The van der Waals surface area contributed by atoms with E-state index >= 15 is 0 Å². The Morgan fingerprint density at radius 1 is 1.43 bits per heavy atom. The summed E-state index contributed by atoms with van der Waals surface area (Å²) < 4.78 is 17.5. The molecule has 1 aromatic rings. The van der Waals surface area contributed by atoms with E-state index in [1.54, 1.807) is 64.2 Å². The van der Waals surface area contributed by atoms with Crippen LogP contribution in [0.3, 0.4) is 0 Å². The Balaban J connectivity index is 1.51. The Morgan fingerprint density at radius 2 is 2.17 bits per heavy atom. The molecular weight excluding hydrogens is 617 g/mol. The summed E-state index contributed by atoms with van der Waals surface area (Å²) in [5.74, 6) is 0.714. The molecule has 0 aromatic carbocycles. The standard InChI is InChI=1S/C20H23FI2N4O3/c1-11-4-13(6-17(26-11)27-18(28)5-12-2-3-12)19(29)25-9-14(8-24)15-7-16(15)30-10-20(21,22)23/h4,6-8,12,14-15,24H,2-3,5,9-10H2,1H3,(H,25,29)(H,26,27,28). The number of halogens is 3. The molecule has 30 heavy (non-hydrogen) atoms. The quantitative estimate of drug-likeness (QED) is 0.192. The van der Waals surface area contributed by atoms with Gasteiger partial charge in [-0.15, -0.1) is 0 Å². The lowest BCUT2D eigenvalue weighted by Crippen LogP contribution is -2.31. The van der Waals surface area contributed by atoms with Crippen molar-refractivity contribution in [1.29, 1.82) is 5.41 Å². The van der Waals surface area contributed by atoms with Crippen LogP contribution in [-0.2, 0) is 9.53 Å². The van der Waals surface area contributed by atoms with Gasteiger partial charge in [0.25, 0.3) is 5.91 Å². The topological polar surface area (TPSA) is 104 Å². The fraction of sp³-hybridized carbons (Fsp3) is 0.500. The second kappa shape index (κ2) is 9.88. The molecule has 2 aliphatic carbocycles. The van der Waals surface area contributed by atoms with Gasteiger partial charge >= 0.3 is 0 Å². The highest BCUT2D eigenvalue weighted by Gasteiger charge is 2.36. The number of carbonyl (C=O) groups excluding carboxylic acids is 2. The van der Waals surface area contributed by atoms with E-state index in [4.69, 9.17) is 10.1 Å². The largest absolute Gasteiger partial charge is 0.493 e. The minimum atomic E-state index is -1.48. The van der Waals surface area contributed by atoms with Crippen molar-refractivity contribution in [3.63, 3.8) is 0 Å². The number of aryl methyl sites for hydroxylation is 1. The summed E-state index contributed by atoms with van der Waals surface area (Å²) in [6.07, 6.45) is 5.74. The Morgan fingerprint density at radius 3 is 2.80 bits per heavy atom. The highest BCUT2D eigenvalue weighted by atomic mass is 127. The van der Waals surface area contributed by atoms with E-state index in [0.29, 0.717) is 35.2 Å². The molecule has 3 rings (SSSR count). The van der Waals surface area contributed by atoms with Crippen LogP contribution >= 0.6 is 45.2 Å². The molecule has 3 N–H and O–H groups in total. The molecule has 0 aliphatic heterocycles. The number of ether oxygens (including phenoxy) is 1. The van der Waals surface area contributed by atoms with Crippen LogP contribution in [0.25, 0.3) is 0 Å². The third kappa shape index (κ3) is 7.43. The molecule has 7 nitrogen and oxygen atoms in total. The van der Waals surface area contributed by atoms with Crippen LogP contribution < -0.4 is 10.6 Å². The van der Waals surface area contributed by atoms with E-state index in [1.807, 2.05) is 6.08 Å². The first-order valence-electron chi connectivity index (χ1n) is 9.63. The number of pyridine rings is 1. The Hall–Kier alpha value is -1.31. The number of carbonyl (C=O) groups is 2. The molecule has 1 fully saturated rings. The molecule has 2 amide bonds. The summed E-state index contributed by atoms with van der Waals surface area (Å²) in [5, 5.41) is 13.2. The highest BCUT2D eigenvalue weighted by molar-refractivity contribution is 14.2. The van der Waals surface area contributed by atoms with Gasteiger partial charge in [-0.3, -0.25) is 9.59 Å². The number of hydrogen-bond acceptors (Lipinski definition) is 5. The summed E-state index contributed by atoms with van der Waals surface area (Å²) in [4.78, 5) is 28.9. The van der Waals surface area contributed by atoms with Gasteiger partial charge in [-0.25, -0.2) is 9.37 Å². The molecule has 2 unspecified atom stereocenters. The average molecular weight is 640 g/mol. The van der Waals surface area contributed by atoms with E-state index in [1.165, 1.54) is 6.21 Å². The summed E-state index contributed by atoms with van der Waals surface area (Å²) in [6, 6.07) is 3.20. The Kier molecular flexibility index (Phi) is 7.69. The number of hydrogen-bond donors (Lipinski definition) is 3. The van der Waals surface area contributed by atoms with Crippen LogP contribution in [0.5, 0.6) is 0 Å². The molecule has 0 saturated heterocycles. The van der Waals surface area contributed by atoms with Crippen LogP contribution in [0.2, 0.25) is 0 Å². The SMILES string of the molecule is Cc1cc(C(=O)NCC(C=N)C2C=C2OCC(F)(I)I)cc(NC(=O)CC2CC2)n1. The fourth-order valence-corrected chi connectivity index (χ4v) is 3.33. The number of alkyl halides is 3. The Bertz CT molecular complexity index is 868. The average Bonchev–Trinajstić information content (AvgIpc) is 3.56. The summed E-state index contributed by atoms with van der Waals surface area (Å²) in [7, 11) is 0. The first-order chi connectivity index (χ1) is 14.1. The molecular formula is C20H23FI2N4O3. The molecule has 0 bridgehead atoms. The lowest BCUT2D eigenvalue weighted by atomic mass is 10.0. The molecule has 0 spiro atoms. The minimum Gasteiger partial charge on any atom is -0.493 e. The number of aromatic nitrogens is 1. The van der Waals surface area contributed by atoms with E-state index in [2.05, 4.69) is 15.6 Å². The zero-order valence-corrected chi connectivity index (χ0v) is 20.7. The zero-order valence-electron chi connectivity index (χ0n) is 16.4. The van der Waals surface area contributed by atoms with Crippen molar-refractivity contribution in [2.75, 3.05) is 18.5 Å². The molecule has 10 heteroatoms. The molecule has 2 aliphatic rings. The van der Waals surface area contributed by atoms with Gasteiger partial charge < -0.3 is 20.8 Å². The van der Waals surface area contributed by atoms with E-state index in [0.717, 1.165) is 12.8 Å². The van der Waals surface area contributed by atoms with Gasteiger partial charge in [0.1, 0.15) is 18.2 Å². The van der Waals surface area contributed by atoms with Crippen molar-refractivity contribution in [1.82, 2.24) is 10.3 Å². The van der Waals surface area contributed by atoms with Crippen LogP contribution in [0.15, 0.2) is 24.0 Å². The zero-order chi connectivity index (χ0) is 21.9. The third-order valence-electron chi connectivity index (χ3n) is 4.79. The number of nitrogens with one attached hydrogen (secondary N) is 3. The van der Waals surface area contributed by atoms with Gasteiger partial charge in [-0.1, -0.05) is 0 Å². The number of anilines is 1. The third-order valence-corrected chi connectivity index (χ3v) is 5.42. The van der Waals surface area contributed by atoms with E-state index < -0.39 is 1.68 Å². The first-order valence-corrected chi connectivity index (χ1v) is 11.8. The lowest BCUT2D eigenvalue weighted by Gasteiger charge is -2.15. The molecule has 1 heterocycles. The normalized spacial score (nSPS) is 18.8. The van der Waals surface area contributed by atoms with Gasteiger partial charge in [0.15, 0.2) is 0 Å². The van der Waals surface area contributed by atoms with Crippen LogP contribution in [0.1, 0.15) is 35.3 Å². The van der Waals surface area contributed by atoms with Gasteiger partial charge in [0.05, 0.1) is 0 Å². The highest BCUT2D eigenvalue weighted by Crippen LogP contribution is 2.39. The van der Waals surface area contributed by atoms with Crippen molar-refractivity contribution < 1.29 is 18.7 Å². The number of amides is 2. The minimum absolute atomic E-state index is 0.0704. The summed E-state index contributed by atoms with van der Waals surface area (Å²) in [5.41, 5.74) is 1.02. The first kappa shape index (κ1) is 23.4. The van der Waals surface area contributed by atoms with Crippen molar-refractivity contribution in [2.45, 2.75) is 27.9 Å². The van der Waals surface area contributed by atoms with Crippen molar-refractivity contribution in [3.8, 4) is 0 Å². The molecule has 1 aromatic heterocycles. The molecule has 2 atom stereocenters. The van der Waals surface area contributed by atoms with Crippen LogP contribution in [0.4, 0.5) is 10.2 Å². The van der Waals surface area contributed by atoms with Gasteiger partial charge in [-0.2, -0.15) is 0 Å². The summed E-state index contributed by atoms with van der Waals surface area (Å²) in [6.45, 7) is 1.94. The maximum Gasteiger partial charge on any atom is 0.251 e. The predicted molar refractivity (Wildman–Crippen MR) is 129 cm³/mol. The van der Waals surface area contributed by atoms with E-state index in [9.17, 15) is 14.0 Å². The second-order valence-electron chi connectivity index (χ2n) is 7.62. The second-order valence-corrected chi connectivity index (χ2v) is 13.1. The summed E-state index contributed by atoms with van der Waals surface area (Å²) >= 11 is 3.32. The maximum absolute atomic E-state index is 13.5. The van der Waals surface area contributed by atoms with Crippen molar-refractivity contribution in [3.05, 3.63) is 35.2 Å². The lowest BCUT2D eigenvalue weighted by molar-refractivity contribution is -0.116. The van der Waals surface area contributed by atoms with Gasteiger partial charge in [-0.05, 0) is 89.1 Å². The predicted octanol–water partition coefficient (Wildman–Crippen LogP) is 4.15. The molecule has 162 valence electrons. The van der Waals surface area contributed by atoms with Crippen LogP contribution in [0, 0.1) is 30.1 Å². The van der Waals surface area contributed by atoms with Crippen LogP contribution in [-0.4, -0.2) is 37.8 Å². The number of allylic oxidation sites excluding steroid dienone is 2. The van der Waals surface area contributed by atoms with Gasteiger partial charge in [0, 0.05) is 42.3 Å². The smallest absolute Gasteiger partial charge is 0.251 e. The van der Waals surface area contributed by atoms with Crippen molar-refractivity contribution >= 4 is 69.0 Å². The maximum atomic E-state index is 13.5. The molecule has 1 saturated carbocycles. The number of nitrogens with zero attached hydrogens (tertiary/aromatic N) is 1.